The molecular weight excluding hydrogens is 438 g/mol. The normalized spacial score (nSPS) is 10.9. The molecule has 0 saturated carbocycles. The highest BCUT2D eigenvalue weighted by molar-refractivity contribution is 7.18. The van der Waals surface area contributed by atoms with Gasteiger partial charge in [0, 0.05) is 11.8 Å². The first-order chi connectivity index (χ1) is 16.0. The second-order valence-electron chi connectivity index (χ2n) is 7.44. The molecule has 0 saturated heterocycles. The SMILES string of the molecule is CCOC(=O)c1sc(NC(=O)c2cnn(-c3ccccn3)c2C(C)C)nc1-c1ccccc1. The van der Waals surface area contributed by atoms with Crippen molar-refractivity contribution in [1.82, 2.24) is 19.7 Å². The number of nitrogens with zero attached hydrogens (tertiary/aromatic N) is 4. The summed E-state index contributed by atoms with van der Waals surface area (Å²) in [7, 11) is 0. The van der Waals surface area contributed by atoms with Crippen LogP contribution in [0.2, 0.25) is 0 Å². The number of hydrogen-bond acceptors (Lipinski definition) is 7. The third kappa shape index (κ3) is 4.68. The molecule has 0 bridgehead atoms. The molecule has 0 aliphatic carbocycles. The summed E-state index contributed by atoms with van der Waals surface area (Å²) in [6.07, 6.45) is 3.20. The number of thiazole rings is 1. The number of carbonyl (C=O) groups is 2. The molecule has 168 valence electrons. The van der Waals surface area contributed by atoms with Gasteiger partial charge in [-0.15, -0.1) is 0 Å². The molecule has 4 aromatic rings. The van der Waals surface area contributed by atoms with Crippen LogP contribution in [0, 0.1) is 0 Å². The summed E-state index contributed by atoms with van der Waals surface area (Å²) in [5.41, 5.74) is 2.40. The van der Waals surface area contributed by atoms with Crippen LogP contribution in [0.5, 0.6) is 0 Å². The molecule has 3 aromatic heterocycles. The smallest absolute Gasteiger partial charge is 0.350 e. The first kappa shape index (κ1) is 22.3. The lowest BCUT2D eigenvalue weighted by Gasteiger charge is -2.11. The highest BCUT2D eigenvalue weighted by Gasteiger charge is 2.25. The fraction of sp³-hybridized carbons (Fsp3) is 0.208. The number of rotatable bonds is 7. The molecular formula is C24H23N5O3S. The Labute approximate surface area is 195 Å². The number of amides is 1. The Kier molecular flexibility index (Phi) is 6.60. The van der Waals surface area contributed by atoms with E-state index in [0.717, 1.165) is 22.6 Å². The highest BCUT2D eigenvalue weighted by Crippen LogP contribution is 2.32. The van der Waals surface area contributed by atoms with E-state index in [0.29, 0.717) is 27.1 Å². The fourth-order valence-corrected chi connectivity index (χ4v) is 4.29. The number of carbonyl (C=O) groups excluding carboxylic acids is 2. The Morgan fingerprint density at radius 1 is 1.12 bits per heavy atom. The standard InChI is InChI=1S/C24H23N5O3S/c1-4-32-23(31)21-19(16-10-6-5-7-11-16)27-24(33-21)28-22(30)17-14-26-29(20(17)15(2)3)18-12-8-9-13-25-18/h5-15H,4H2,1-3H3,(H,27,28,30). The number of benzene rings is 1. The molecule has 8 nitrogen and oxygen atoms in total. The van der Waals surface area contributed by atoms with Gasteiger partial charge in [-0.2, -0.15) is 5.10 Å². The van der Waals surface area contributed by atoms with Crippen LogP contribution in [-0.2, 0) is 4.74 Å². The van der Waals surface area contributed by atoms with Crippen LogP contribution in [0.4, 0.5) is 5.13 Å². The zero-order valence-electron chi connectivity index (χ0n) is 18.5. The van der Waals surface area contributed by atoms with Crippen LogP contribution < -0.4 is 5.32 Å². The molecule has 1 N–H and O–H groups in total. The maximum Gasteiger partial charge on any atom is 0.350 e. The van der Waals surface area contributed by atoms with E-state index in [4.69, 9.17) is 4.74 Å². The van der Waals surface area contributed by atoms with Crippen molar-refractivity contribution in [2.24, 2.45) is 0 Å². The molecule has 1 amide bonds. The maximum atomic E-state index is 13.2. The van der Waals surface area contributed by atoms with Gasteiger partial charge in [0.05, 0.1) is 29.8 Å². The van der Waals surface area contributed by atoms with Crippen LogP contribution in [0.3, 0.4) is 0 Å². The summed E-state index contributed by atoms with van der Waals surface area (Å²) in [4.78, 5) is 34.9. The van der Waals surface area contributed by atoms with E-state index < -0.39 is 5.97 Å². The Morgan fingerprint density at radius 2 is 1.88 bits per heavy atom. The summed E-state index contributed by atoms with van der Waals surface area (Å²) in [6, 6.07) is 14.9. The summed E-state index contributed by atoms with van der Waals surface area (Å²) in [6.45, 7) is 5.97. The average Bonchev–Trinajstić information content (AvgIpc) is 3.45. The Hall–Kier alpha value is -3.85. The molecule has 0 atom stereocenters. The van der Waals surface area contributed by atoms with Gasteiger partial charge in [0.2, 0.25) is 0 Å². The number of esters is 1. The minimum absolute atomic E-state index is 0.0153. The third-order valence-corrected chi connectivity index (χ3v) is 5.77. The van der Waals surface area contributed by atoms with E-state index in [1.807, 2.05) is 62.4 Å². The van der Waals surface area contributed by atoms with Crippen molar-refractivity contribution in [3.63, 3.8) is 0 Å². The number of hydrogen-bond donors (Lipinski definition) is 1. The lowest BCUT2D eigenvalue weighted by molar-refractivity contribution is 0.0532. The predicted octanol–water partition coefficient (Wildman–Crippen LogP) is 4.94. The molecule has 4 rings (SSSR count). The summed E-state index contributed by atoms with van der Waals surface area (Å²) in [5.74, 6) is -0.183. The predicted molar refractivity (Wildman–Crippen MR) is 127 cm³/mol. The van der Waals surface area contributed by atoms with Crippen molar-refractivity contribution >= 4 is 28.3 Å². The highest BCUT2D eigenvalue weighted by atomic mass is 32.1. The van der Waals surface area contributed by atoms with Crippen LogP contribution in [0.15, 0.2) is 60.9 Å². The topological polar surface area (TPSA) is 99.0 Å². The first-order valence-electron chi connectivity index (χ1n) is 10.5. The fourth-order valence-electron chi connectivity index (χ4n) is 3.41. The van der Waals surface area contributed by atoms with E-state index >= 15 is 0 Å². The molecule has 1 aromatic carbocycles. The molecule has 0 aliphatic rings. The Morgan fingerprint density at radius 3 is 2.55 bits per heavy atom. The largest absolute Gasteiger partial charge is 0.462 e. The molecule has 33 heavy (non-hydrogen) atoms. The van der Waals surface area contributed by atoms with Gasteiger partial charge in [-0.3, -0.25) is 10.1 Å². The van der Waals surface area contributed by atoms with Gasteiger partial charge in [0.1, 0.15) is 4.88 Å². The van der Waals surface area contributed by atoms with E-state index in [-0.39, 0.29) is 18.4 Å². The lowest BCUT2D eigenvalue weighted by atomic mass is 10.1. The average molecular weight is 462 g/mol. The van der Waals surface area contributed by atoms with Crippen molar-refractivity contribution < 1.29 is 14.3 Å². The molecule has 0 fully saturated rings. The minimum atomic E-state index is -0.472. The second kappa shape index (κ2) is 9.74. The molecule has 0 unspecified atom stereocenters. The lowest BCUT2D eigenvalue weighted by Crippen LogP contribution is -2.15. The molecule has 0 radical (unpaired) electrons. The van der Waals surface area contributed by atoms with E-state index in [2.05, 4.69) is 20.4 Å². The summed E-state index contributed by atoms with van der Waals surface area (Å²) < 4.78 is 6.86. The van der Waals surface area contributed by atoms with Gasteiger partial charge in [0.25, 0.3) is 5.91 Å². The molecule has 3 heterocycles. The summed E-state index contributed by atoms with van der Waals surface area (Å²) >= 11 is 1.09. The van der Waals surface area contributed by atoms with Gasteiger partial charge >= 0.3 is 5.97 Å². The number of aromatic nitrogens is 4. The first-order valence-corrected chi connectivity index (χ1v) is 11.3. The number of anilines is 1. The second-order valence-corrected chi connectivity index (χ2v) is 8.43. The maximum absolute atomic E-state index is 13.2. The zero-order valence-corrected chi connectivity index (χ0v) is 19.3. The van der Waals surface area contributed by atoms with Crippen molar-refractivity contribution in [3.05, 3.63) is 77.1 Å². The summed E-state index contributed by atoms with van der Waals surface area (Å²) in [5, 5.41) is 7.54. The number of nitrogens with one attached hydrogen (secondary N) is 1. The van der Waals surface area contributed by atoms with Crippen LogP contribution in [-0.4, -0.2) is 38.2 Å². The molecule has 0 aliphatic heterocycles. The van der Waals surface area contributed by atoms with E-state index in [1.54, 1.807) is 17.8 Å². The monoisotopic (exact) mass is 461 g/mol. The van der Waals surface area contributed by atoms with Gasteiger partial charge < -0.3 is 4.74 Å². The van der Waals surface area contributed by atoms with Crippen molar-refractivity contribution in [2.75, 3.05) is 11.9 Å². The van der Waals surface area contributed by atoms with Crippen LogP contribution in [0.25, 0.3) is 17.1 Å². The number of pyridine rings is 1. The van der Waals surface area contributed by atoms with Gasteiger partial charge in [-0.05, 0) is 25.0 Å². The van der Waals surface area contributed by atoms with Crippen molar-refractivity contribution in [3.8, 4) is 17.1 Å². The van der Waals surface area contributed by atoms with E-state index in [1.165, 1.54) is 6.20 Å². The van der Waals surface area contributed by atoms with Crippen molar-refractivity contribution in [1.29, 1.82) is 0 Å². The third-order valence-electron chi connectivity index (χ3n) is 4.82. The van der Waals surface area contributed by atoms with Gasteiger partial charge in [0.15, 0.2) is 10.9 Å². The van der Waals surface area contributed by atoms with Gasteiger partial charge in [-0.25, -0.2) is 19.4 Å². The van der Waals surface area contributed by atoms with Crippen LogP contribution in [0.1, 0.15) is 52.4 Å². The Bertz CT molecular complexity index is 1270. The van der Waals surface area contributed by atoms with Crippen molar-refractivity contribution in [2.45, 2.75) is 26.7 Å². The van der Waals surface area contributed by atoms with Gasteiger partial charge in [-0.1, -0.05) is 61.6 Å². The molecule has 0 spiro atoms. The number of ether oxygens (including phenoxy) is 1. The minimum Gasteiger partial charge on any atom is -0.462 e. The van der Waals surface area contributed by atoms with E-state index in [9.17, 15) is 9.59 Å². The zero-order chi connectivity index (χ0) is 23.4. The molecule has 9 heteroatoms. The van der Waals surface area contributed by atoms with Crippen LogP contribution >= 0.6 is 11.3 Å². The quantitative estimate of drug-likeness (QED) is 0.391. The Balaban J connectivity index is 1.68.